The van der Waals surface area contributed by atoms with Crippen LogP contribution in [0.4, 0.5) is 0 Å². The van der Waals surface area contributed by atoms with Crippen LogP contribution in [0.15, 0.2) is 42.7 Å². The van der Waals surface area contributed by atoms with Gasteiger partial charge in [0.15, 0.2) is 5.69 Å². The van der Waals surface area contributed by atoms with Gasteiger partial charge in [-0.05, 0) is 53.6 Å². The number of carbonyl (C=O) groups excluding carboxylic acids is 1. The van der Waals surface area contributed by atoms with E-state index in [-0.39, 0.29) is 12.0 Å². The van der Waals surface area contributed by atoms with Gasteiger partial charge in [0.2, 0.25) is 0 Å². The smallest absolute Gasteiger partial charge is 0.358 e. The summed E-state index contributed by atoms with van der Waals surface area (Å²) >= 11 is 0. The largest absolute Gasteiger partial charge is 0.456 e. The van der Waals surface area contributed by atoms with Crippen molar-refractivity contribution in [3.8, 4) is 0 Å². The molecule has 0 saturated heterocycles. The van der Waals surface area contributed by atoms with Crippen molar-refractivity contribution in [1.82, 2.24) is 9.38 Å². The van der Waals surface area contributed by atoms with E-state index in [2.05, 4.69) is 51.7 Å². The maximum Gasteiger partial charge on any atom is 0.358 e. The Balaban J connectivity index is 1.78. The number of hydrogen-bond donors (Lipinski definition) is 0. The first-order valence-electron chi connectivity index (χ1n) is 8.47. The van der Waals surface area contributed by atoms with Crippen LogP contribution in [0.25, 0.3) is 5.65 Å². The molecule has 0 spiro atoms. The van der Waals surface area contributed by atoms with Gasteiger partial charge in [-0.15, -0.1) is 0 Å². The van der Waals surface area contributed by atoms with Crippen molar-refractivity contribution in [1.29, 1.82) is 0 Å². The van der Waals surface area contributed by atoms with Crippen molar-refractivity contribution in [2.75, 3.05) is 0 Å². The fraction of sp³-hybridized carbons (Fsp3) is 0.333. The zero-order chi connectivity index (χ0) is 18.2. The molecule has 0 aliphatic rings. The Morgan fingerprint density at radius 2 is 1.84 bits per heavy atom. The van der Waals surface area contributed by atoms with Gasteiger partial charge < -0.3 is 9.14 Å². The van der Waals surface area contributed by atoms with Crippen LogP contribution in [-0.4, -0.2) is 15.4 Å². The van der Waals surface area contributed by atoms with E-state index in [4.69, 9.17) is 4.74 Å². The average molecular weight is 336 g/mol. The fourth-order valence-electron chi connectivity index (χ4n) is 2.90. The molecule has 0 radical (unpaired) electrons. The van der Waals surface area contributed by atoms with E-state index in [0.717, 1.165) is 22.3 Å². The number of benzene rings is 1. The first kappa shape index (κ1) is 17.2. The van der Waals surface area contributed by atoms with Gasteiger partial charge in [0.25, 0.3) is 0 Å². The van der Waals surface area contributed by atoms with E-state index < -0.39 is 5.97 Å². The van der Waals surface area contributed by atoms with E-state index >= 15 is 0 Å². The summed E-state index contributed by atoms with van der Waals surface area (Å²) in [4.78, 5) is 16.6. The highest BCUT2D eigenvalue weighted by molar-refractivity contribution is 5.88. The molecule has 4 nitrogen and oxygen atoms in total. The average Bonchev–Trinajstić information content (AvgIpc) is 2.97. The van der Waals surface area contributed by atoms with Crippen LogP contribution >= 0.6 is 0 Å². The summed E-state index contributed by atoms with van der Waals surface area (Å²) in [6.07, 6.45) is 3.55. The molecule has 0 aliphatic heterocycles. The topological polar surface area (TPSA) is 43.6 Å². The van der Waals surface area contributed by atoms with Crippen LogP contribution < -0.4 is 0 Å². The molecule has 0 aliphatic carbocycles. The number of carbonyl (C=O) groups is 1. The minimum Gasteiger partial charge on any atom is -0.456 e. The number of ether oxygens (including phenoxy) is 1. The molecule has 130 valence electrons. The van der Waals surface area contributed by atoms with E-state index in [1.165, 1.54) is 5.56 Å². The number of hydrogen-bond acceptors (Lipinski definition) is 3. The first-order chi connectivity index (χ1) is 11.8. The van der Waals surface area contributed by atoms with Gasteiger partial charge in [0.05, 0.1) is 0 Å². The molecule has 1 aromatic carbocycles. The maximum atomic E-state index is 12.3. The number of imidazole rings is 1. The molecule has 4 heteroatoms. The molecule has 3 aromatic rings. The SMILES string of the molecule is Cc1cc(C(C)(C)C)cc(C)c1COC(=O)c1cn2ccccc2n1. The van der Waals surface area contributed by atoms with Crippen LogP contribution in [0.3, 0.4) is 0 Å². The second kappa shape index (κ2) is 6.36. The van der Waals surface area contributed by atoms with Crippen LogP contribution in [0.2, 0.25) is 0 Å². The Morgan fingerprint density at radius 3 is 2.44 bits per heavy atom. The summed E-state index contributed by atoms with van der Waals surface area (Å²) in [5.41, 5.74) is 5.80. The molecule has 0 fully saturated rings. The van der Waals surface area contributed by atoms with E-state index in [0.29, 0.717) is 5.69 Å². The lowest BCUT2D eigenvalue weighted by Gasteiger charge is -2.22. The van der Waals surface area contributed by atoms with Gasteiger partial charge in [0, 0.05) is 12.4 Å². The summed E-state index contributed by atoms with van der Waals surface area (Å²) in [7, 11) is 0. The Morgan fingerprint density at radius 1 is 1.16 bits per heavy atom. The molecule has 2 aromatic heterocycles. The van der Waals surface area contributed by atoms with Crippen molar-refractivity contribution >= 4 is 11.6 Å². The second-order valence-electron chi connectivity index (χ2n) is 7.51. The quantitative estimate of drug-likeness (QED) is 0.656. The summed E-state index contributed by atoms with van der Waals surface area (Å²) in [6.45, 7) is 11.0. The standard InChI is InChI=1S/C21H24N2O2/c1-14-10-16(21(3,4)5)11-15(2)17(14)13-25-20(24)18-12-23-9-7-6-8-19(23)22-18/h6-12H,13H2,1-5H3. The Labute approximate surface area is 148 Å². The van der Waals surface area contributed by atoms with Crippen LogP contribution in [-0.2, 0) is 16.8 Å². The molecule has 3 rings (SSSR count). The Bertz CT molecular complexity index is 876. The number of pyridine rings is 1. The summed E-state index contributed by atoms with van der Waals surface area (Å²) in [6, 6.07) is 10.0. The van der Waals surface area contributed by atoms with Crippen LogP contribution in [0.1, 0.15) is 53.5 Å². The van der Waals surface area contributed by atoms with E-state index in [9.17, 15) is 4.79 Å². The highest BCUT2D eigenvalue weighted by Gasteiger charge is 2.18. The molecule has 0 N–H and O–H groups in total. The predicted octanol–water partition coefficient (Wildman–Crippen LogP) is 4.61. The Hall–Kier alpha value is -2.62. The zero-order valence-corrected chi connectivity index (χ0v) is 15.5. The molecule has 25 heavy (non-hydrogen) atoms. The van der Waals surface area contributed by atoms with Gasteiger partial charge in [-0.3, -0.25) is 0 Å². The summed E-state index contributed by atoms with van der Waals surface area (Å²) in [5.74, 6) is -0.401. The normalized spacial score (nSPS) is 11.7. The lowest BCUT2D eigenvalue weighted by Crippen LogP contribution is -2.13. The highest BCUT2D eigenvalue weighted by atomic mass is 16.5. The third-order valence-electron chi connectivity index (χ3n) is 4.48. The van der Waals surface area contributed by atoms with E-state index in [1.54, 1.807) is 6.20 Å². The third kappa shape index (κ3) is 3.58. The van der Waals surface area contributed by atoms with Gasteiger partial charge in [0.1, 0.15) is 12.3 Å². The number of aryl methyl sites for hydroxylation is 2. The molecule has 0 atom stereocenters. The van der Waals surface area contributed by atoms with Crippen molar-refractivity contribution in [2.24, 2.45) is 0 Å². The van der Waals surface area contributed by atoms with E-state index in [1.807, 2.05) is 28.8 Å². The van der Waals surface area contributed by atoms with Crippen molar-refractivity contribution in [3.05, 3.63) is 70.7 Å². The van der Waals surface area contributed by atoms with Gasteiger partial charge in [-0.2, -0.15) is 0 Å². The Kier molecular flexibility index (Phi) is 4.38. The predicted molar refractivity (Wildman–Crippen MR) is 98.9 cm³/mol. The second-order valence-corrected chi connectivity index (χ2v) is 7.51. The first-order valence-corrected chi connectivity index (χ1v) is 8.47. The van der Waals surface area contributed by atoms with Crippen molar-refractivity contribution in [3.63, 3.8) is 0 Å². The molecular formula is C21H24N2O2. The minimum atomic E-state index is -0.401. The summed E-state index contributed by atoms with van der Waals surface area (Å²) in [5, 5.41) is 0. The molecule has 0 bridgehead atoms. The van der Waals surface area contributed by atoms with Gasteiger partial charge in [-0.1, -0.05) is 39.0 Å². The lowest BCUT2D eigenvalue weighted by atomic mass is 9.84. The van der Waals surface area contributed by atoms with Crippen LogP contribution in [0.5, 0.6) is 0 Å². The monoisotopic (exact) mass is 336 g/mol. The van der Waals surface area contributed by atoms with Gasteiger partial charge >= 0.3 is 5.97 Å². The number of aromatic nitrogens is 2. The van der Waals surface area contributed by atoms with Crippen molar-refractivity contribution in [2.45, 2.75) is 46.6 Å². The molecular weight excluding hydrogens is 312 g/mol. The maximum absolute atomic E-state index is 12.3. The molecule has 0 amide bonds. The zero-order valence-electron chi connectivity index (χ0n) is 15.5. The number of fused-ring (bicyclic) bond motifs is 1. The third-order valence-corrected chi connectivity index (χ3v) is 4.48. The summed E-state index contributed by atoms with van der Waals surface area (Å²) < 4.78 is 7.33. The van der Waals surface area contributed by atoms with Crippen molar-refractivity contribution < 1.29 is 9.53 Å². The molecule has 0 saturated carbocycles. The van der Waals surface area contributed by atoms with Crippen LogP contribution in [0, 0.1) is 13.8 Å². The number of nitrogens with zero attached hydrogens (tertiary/aromatic N) is 2. The fourth-order valence-corrected chi connectivity index (χ4v) is 2.90. The number of esters is 1. The number of rotatable bonds is 3. The lowest BCUT2D eigenvalue weighted by molar-refractivity contribution is 0.0465. The van der Waals surface area contributed by atoms with Gasteiger partial charge in [-0.25, -0.2) is 9.78 Å². The minimum absolute atomic E-state index is 0.0985. The molecule has 0 unspecified atom stereocenters. The molecule has 2 heterocycles. The highest BCUT2D eigenvalue weighted by Crippen LogP contribution is 2.27.